The second-order valence-electron chi connectivity index (χ2n) is 11.8. The van der Waals surface area contributed by atoms with Crippen LogP contribution in [0.2, 0.25) is 0 Å². The van der Waals surface area contributed by atoms with Crippen molar-refractivity contribution in [1.29, 1.82) is 0 Å². The number of nitrogens with zero attached hydrogens (tertiary/aromatic N) is 3. The molecule has 5 aromatic rings. The monoisotopic (exact) mass is 644 g/mol. The van der Waals surface area contributed by atoms with Crippen LogP contribution in [0.4, 0.5) is 0 Å². The van der Waals surface area contributed by atoms with Crippen molar-refractivity contribution in [2.75, 3.05) is 32.8 Å². The molecular formula is C39H40N4O5. The van der Waals surface area contributed by atoms with Gasteiger partial charge in [0.25, 0.3) is 0 Å². The van der Waals surface area contributed by atoms with Gasteiger partial charge in [-0.1, -0.05) is 78.9 Å². The van der Waals surface area contributed by atoms with Crippen LogP contribution in [-0.2, 0) is 16.1 Å². The number of phenols is 1. The first kappa shape index (κ1) is 32.7. The van der Waals surface area contributed by atoms with Gasteiger partial charge < -0.3 is 29.4 Å². The number of aromatic nitrogens is 2. The molecule has 0 spiro atoms. The lowest BCUT2D eigenvalue weighted by Gasteiger charge is -2.34. The number of imidazole rings is 1. The molecule has 48 heavy (non-hydrogen) atoms. The zero-order chi connectivity index (χ0) is 33.1. The average Bonchev–Trinajstić information content (AvgIpc) is 3.65. The number of carbonyl (C=O) groups is 2. The van der Waals surface area contributed by atoms with Gasteiger partial charge in [-0.2, -0.15) is 0 Å². The SMILES string of the molecule is O=C(/C=C/C(=O)c1cccc2c(OCCn3ccnc3)ccc(O)c12)NCCN1CCC(OC(c2ccccc2)c2ccccc2)CC1. The number of aromatic hydroxyl groups is 1. The molecule has 6 rings (SSSR count). The van der Waals surface area contributed by atoms with Crippen LogP contribution >= 0.6 is 0 Å². The van der Waals surface area contributed by atoms with Gasteiger partial charge in [-0.3, -0.25) is 9.59 Å². The Balaban J connectivity index is 0.974. The fourth-order valence-corrected chi connectivity index (χ4v) is 6.08. The second-order valence-corrected chi connectivity index (χ2v) is 11.8. The van der Waals surface area contributed by atoms with Crippen LogP contribution in [0.5, 0.6) is 11.5 Å². The summed E-state index contributed by atoms with van der Waals surface area (Å²) < 4.78 is 14.5. The first-order valence-electron chi connectivity index (χ1n) is 16.4. The van der Waals surface area contributed by atoms with E-state index in [-0.39, 0.29) is 29.6 Å². The number of piperidine rings is 1. The topological polar surface area (TPSA) is 106 Å². The number of nitrogens with one attached hydrogen (secondary N) is 1. The number of benzene rings is 4. The van der Waals surface area contributed by atoms with E-state index in [4.69, 9.17) is 9.47 Å². The van der Waals surface area contributed by atoms with Gasteiger partial charge in [-0.25, -0.2) is 4.98 Å². The number of allylic oxidation sites excluding steroid dienone is 1. The normalized spacial score (nSPS) is 14.1. The van der Waals surface area contributed by atoms with E-state index in [0.29, 0.717) is 48.3 Å². The number of hydrogen-bond donors (Lipinski definition) is 2. The highest BCUT2D eigenvalue weighted by Gasteiger charge is 2.24. The molecule has 1 aromatic heterocycles. The van der Waals surface area contributed by atoms with E-state index < -0.39 is 0 Å². The quantitative estimate of drug-likeness (QED) is 0.114. The lowest BCUT2D eigenvalue weighted by molar-refractivity contribution is -0.116. The molecule has 0 aliphatic carbocycles. The third-order valence-electron chi connectivity index (χ3n) is 8.59. The first-order valence-corrected chi connectivity index (χ1v) is 16.4. The van der Waals surface area contributed by atoms with Crippen LogP contribution in [0.15, 0.2) is 122 Å². The summed E-state index contributed by atoms with van der Waals surface area (Å²) >= 11 is 0. The second kappa shape index (κ2) is 16.0. The summed E-state index contributed by atoms with van der Waals surface area (Å²) in [5.41, 5.74) is 2.59. The maximum Gasteiger partial charge on any atom is 0.244 e. The predicted octanol–water partition coefficient (Wildman–Crippen LogP) is 5.95. The van der Waals surface area contributed by atoms with Crippen LogP contribution in [-0.4, -0.2) is 70.1 Å². The molecule has 9 heteroatoms. The van der Waals surface area contributed by atoms with Crippen LogP contribution in [0.25, 0.3) is 10.8 Å². The molecule has 1 fully saturated rings. The van der Waals surface area contributed by atoms with Crippen molar-refractivity contribution >= 4 is 22.5 Å². The van der Waals surface area contributed by atoms with Gasteiger partial charge >= 0.3 is 0 Å². The Hall–Kier alpha value is -5.25. The van der Waals surface area contributed by atoms with Gasteiger partial charge in [-0.15, -0.1) is 0 Å². The fraction of sp³-hybridized carbons (Fsp3) is 0.256. The highest BCUT2D eigenvalue weighted by Crippen LogP contribution is 2.35. The Morgan fingerprint density at radius 2 is 1.62 bits per heavy atom. The lowest BCUT2D eigenvalue weighted by Crippen LogP contribution is -2.41. The van der Waals surface area contributed by atoms with Crippen molar-refractivity contribution in [1.82, 2.24) is 19.8 Å². The van der Waals surface area contributed by atoms with E-state index in [1.807, 2.05) is 47.2 Å². The van der Waals surface area contributed by atoms with E-state index in [9.17, 15) is 14.7 Å². The smallest absolute Gasteiger partial charge is 0.244 e. The first-order chi connectivity index (χ1) is 23.5. The Labute approximate surface area is 280 Å². The standard InChI is InChI=1S/C39H40N4O5/c44-34(32-12-7-13-33-36(16-14-35(45)38(32)33)47-27-26-43-24-20-40-28-43)15-17-37(46)41-21-25-42-22-18-31(19-23-42)48-39(29-8-3-1-4-9-29)30-10-5-2-6-11-30/h1-17,20,24,28,31,39,45H,18-19,21-23,25-27H2,(H,41,46)/b17-15+. The molecule has 1 aliphatic rings. The van der Waals surface area contributed by atoms with Crippen molar-refractivity contribution in [3.63, 3.8) is 0 Å². The largest absolute Gasteiger partial charge is 0.507 e. The molecule has 2 heterocycles. The Bertz CT molecular complexity index is 1780. The maximum absolute atomic E-state index is 13.2. The van der Waals surface area contributed by atoms with Crippen molar-refractivity contribution in [3.05, 3.63) is 139 Å². The van der Waals surface area contributed by atoms with Crippen LogP contribution in [0.1, 0.15) is 40.4 Å². The van der Waals surface area contributed by atoms with Crippen molar-refractivity contribution in [2.24, 2.45) is 0 Å². The molecule has 1 saturated heterocycles. The molecule has 0 bridgehead atoms. The molecule has 9 nitrogen and oxygen atoms in total. The van der Waals surface area contributed by atoms with Crippen LogP contribution in [0.3, 0.4) is 0 Å². The summed E-state index contributed by atoms with van der Waals surface area (Å²) in [5, 5.41) is 14.5. The van der Waals surface area contributed by atoms with Crippen molar-refractivity contribution in [2.45, 2.75) is 31.6 Å². The summed E-state index contributed by atoms with van der Waals surface area (Å²) in [6.45, 7) is 3.94. The van der Waals surface area contributed by atoms with Gasteiger partial charge in [0.15, 0.2) is 5.78 Å². The average molecular weight is 645 g/mol. The summed E-state index contributed by atoms with van der Waals surface area (Å²) in [5.74, 6) is -0.197. The van der Waals surface area contributed by atoms with Gasteiger partial charge in [0.1, 0.15) is 24.2 Å². The molecule has 1 amide bonds. The Morgan fingerprint density at radius 3 is 2.31 bits per heavy atom. The number of phenolic OH excluding ortho intramolecular Hbond substituents is 1. The molecule has 4 aromatic carbocycles. The number of ether oxygens (including phenoxy) is 2. The zero-order valence-electron chi connectivity index (χ0n) is 26.8. The summed E-state index contributed by atoms with van der Waals surface area (Å²) in [6, 6.07) is 29.0. The molecule has 0 atom stereocenters. The van der Waals surface area contributed by atoms with E-state index >= 15 is 0 Å². The minimum atomic E-state index is -0.381. The number of ketones is 1. The molecule has 1 aliphatic heterocycles. The number of hydrogen-bond acceptors (Lipinski definition) is 7. The van der Waals surface area contributed by atoms with E-state index in [0.717, 1.165) is 37.1 Å². The molecule has 2 N–H and O–H groups in total. The highest BCUT2D eigenvalue weighted by molar-refractivity contribution is 6.17. The van der Waals surface area contributed by atoms with E-state index in [2.05, 4.69) is 39.5 Å². The summed E-state index contributed by atoms with van der Waals surface area (Å²) in [6.07, 6.45) is 9.62. The van der Waals surface area contributed by atoms with Crippen LogP contribution < -0.4 is 10.1 Å². The molecular weight excluding hydrogens is 604 g/mol. The minimum absolute atomic E-state index is 0.0291. The maximum atomic E-state index is 13.2. The highest BCUT2D eigenvalue weighted by atomic mass is 16.5. The number of likely N-dealkylation sites (tertiary alicyclic amines) is 1. The Morgan fingerprint density at radius 1 is 0.896 bits per heavy atom. The fourth-order valence-electron chi connectivity index (χ4n) is 6.08. The van der Waals surface area contributed by atoms with Gasteiger partial charge in [0.05, 0.1) is 19.0 Å². The molecule has 0 radical (unpaired) electrons. The van der Waals surface area contributed by atoms with Crippen LogP contribution in [0, 0.1) is 0 Å². The summed E-state index contributed by atoms with van der Waals surface area (Å²) in [4.78, 5) is 32.1. The van der Waals surface area contributed by atoms with Gasteiger partial charge in [-0.05, 0) is 42.2 Å². The summed E-state index contributed by atoms with van der Waals surface area (Å²) in [7, 11) is 0. The Kier molecular flexibility index (Phi) is 10.9. The number of carbonyl (C=O) groups excluding carboxylic acids is 2. The van der Waals surface area contributed by atoms with Gasteiger partial charge in [0, 0.05) is 61.0 Å². The van der Waals surface area contributed by atoms with Crippen molar-refractivity contribution in [3.8, 4) is 11.5 Å². The van der Waals surface area contributed by atoms with Gasteiger partial charge in [0.2, 0.25) is 5.91 Å². The van der Waals surface area contributed by atoms with E-state index in [1.54, 1.807) is 36.8 Å². The third-order valence-corrected chi connectivity index (χ3v) is 8.59. The molecule has 246 valence electrons. The number of fused-ring (bicyclic) bond motifs is 1. The molecule has 0 unspecified atom stereocenters. The lowest BCUT2D eigenvalue weighted by atomic mass is 9.99. The predicted molar refractivity (Wildman–Crippen MR) is 185 cm³/mol. The minimum Gasteiger partial charge on any atom is -0.507 e. The third kappa shape index (κ3) is 8.36. The van der Waals surface area contributed by atoms with Crippen molar-refractivity contribution < 1.29 is 24.2 Å². The van der Waals surface area contributed by atoms with E-state index in [1.165, 1.54) is 18.2 Å². The number of amides is 1. The molecule has 0 saturated carbocycles. The zero-order valence-corrected chi connectivity index (χ0v) is 26.8. The number of rotatable bonds is 14.